The summed E-state index contributed by atoms with van der Waals surface area (Å²) in [7, 11) is 0. The molecule has 6 heteroatoms. The van der Waals surface area contributed by atoms with Gasteiger partial charge in [-0.1, -0.05) is 12.1 Å². The molecule has 0 aliphatic carbocycles. The summed E-state index contributed by atoms with van der Waals surface area (Å²) in [6.45, 7) is 11.0. The quantitative estimate of drug-likeness (QED) is 0.862. The van der Waals surface area contributed by atoms with Gasteiger partial charge in [-0.25, -0.2) is 0 Å². The molecule has 2 heterocycles. The number of piperazine rings is 1. The Balaban J connectivity index is 1.35. The molecule has 1 N–H and O–H groups in total. The monoisotopic (exact) mass is 395 g/mol. The zero-order chi connectivity index (χ0) is 20.4. The maximum Gasteiger partial charge on any atom is 0.241 e. The molecule has 1 amide bonds. The first-order chi connectivity index (χ1) is 14.0. The zero-order valence-corrected chi connectivity index (χ0v) is 17.4. The third-order valence-electron chi connectivity index (χ3n) is 5.97. The van der Waals surface area contributed by atoms with E-state index in [0.717, 1.165) is 37.6 Å². The van der Waals surface area contributed by atoms with E-state index in [1.807, 2.05) is 25.1 Å². The van der Waals surface area contributed by atoms with Gasteiger partial charge in [-0.05, 0) is 50.1 Å². The summed E-state index contributed by atoms with van der Waals surface area (Å²) >= 11 is 0. The van der Waals surface area contributed by atoms with Crippen LogP contribution in [0.1, 0.15) is 18.1 Å². The van der Waals surface area contributed by atoms with Gasteiger partial charge in [0.1, 0.15) is 13.2 Å². The van der Waals surface area contributed by atoms with Crippen molar-refractivity contribution in [3.05, 3.63) is 47.5 Å². The van der Waals surface area contributed by atoms with Crippen LogP contribution in [0.25, 0.3) is 0 Å². The minimum absolute atomic E-state index is 0.00173. The number of carbonyl (C=O) groups excluding carboxylic acids is 1. The van der Waals surface area contributed by atoms with E-state index in [2.05, 4.69) is 47.2 Å². The van der Waals surface area contributed by atoms with E-state index in [4.69, 9.17) is 9.47 Å². The van der Waals surface area contributed by atoms with Gasteiger partial charge >= 0.3 is 0 Å². The van der Waals surface area contributed by atoms with Crippen molar-refractivity contribution < 1.29 is 14.3 Å². The SMILES string of the molecule is Cc1cccc(N2CCN([C@H](C)C(=O)Nc3ccc4c(c3)OCCO4)CC2)c1C. The molecule has 1 saturated heterocycles. The maximum atomic E-state index is 12.8. The second-order valence-corrected chi connectivity index (χ2v) is 7.77. The number of nitrogens with zero attached hydrogens (tertiary/aromatic N) is 2. The highest BCUT2D eigenvalue weighted by Crippen LogP contribution is 2.32. The number of fused-ring (bicyclic) bond motifs is 1. The number of benzene rings is 2. The summed E-state index contributed by atoms with van der Waals surface area (Å²) in [5.41, 5.74) is 4.70. The van der Waals surface area contributed by atoms with Crippen molar-refractivity contribution in [1.29, 1.82) is 0 Å². The van der Waals surface area contributed by atoms with Crippen LogP contribution in [0.5, 0.6) is 11.5 Å². The minimum Gasteiger partial charge on any atom is -0.486 e. The number of anilines is 2. The average Bonchev–Trinajstić information content (AvgIpc) is 2.75. The van der Waals surface area contributed by atoms with Gasteiger partial charge in [0.25, 0.3) is 0 Å². The molecule has 0 bridgehead atoms. The van der Waals surface area contributed by atoms with E-state index in [0.29, 0.717) is 19.0 Å². The van der Waals surface area contributed by atoms with Crippen molar-refractivity contribution in [2.24, 2.45) is 0 Å². The van der Waals surface area contributed by atoms with Gasteiger partial charge in [0.2, 0.25) is 5.91 Å². The van der Waals surface area contributed by atoms with Gasteiger partial charge in [0.05, 0.1) is 6.04 Å². The molecule has 0 spiro atoms. The number of nitrogens with one attached hydrogen (secondary N) is 1. The highest BCUT2D eigenvalue weighted by molar-refractivity contribution is 5.94. The summed E-state index contributed by atoms with van der Waals surface area (Å²) in [6, 6.07) is 11.8. The number of carbonyl (C=O) groups is 1. The largest absolute Gasteiger partial charge is 0.486 e. The first-order valence-electron chi connectivity index (χ1n) is 10.3. The highest BCUT2D eigenvalue weighted by Gasteiger charge is 2.26. The molecule has 2 aliphatic rings. The van der Waals surface area contributed by atoms with E-state index in [-0.39, 0.29) is 11.9 Å². The Morgan fingerprint density at radius 3 is 2.48 bits per heavy atom. The van der Waals surface area contributed by atoms with Crippen molar-refractivity contribution in [3.8, 4) is 11.5 Å². The van der Waals surface area contributed by atoms with Crippen molar-refractivity contribution in [1.82, 2.24) is 4.90 Å². The Morgan fingerprint density at radius 1 is 1.00 bits per heavy atom. The van der Waals surface area contributed by atoms with Gasteiger partial charge in [-0.15, -0.1) is 0 Å². The molecule has 1 atom stereocenters. The van der Waals surface area contributed by atoms with Gasteiger partial charge < -0.3 is 19.7 Å². The fourth-order valence-electron chi connectivity index (χ4n) is 3.96. The molecule has 2 aromatic carbocycles. The standard InChI is InChI=1S/C23H29N3O3/c1-16-5-4-6-20(17(16)2)26-11-9-25(10-12-26)18(3)23(27)24-19-7-8-21-22(15-19)29-14-13-28-21/h4-8,15,18H,9-14H2,1-3H3,(H,24,27)/t18-/m1/s1. The first kappa shape index (κ1) is 19.6. The number of hydrogen-bond donors (Lipinski definition) is 1. The van der Waals surface area contributed by atoms with Crippen LogP contribution in [0.15, 0.2) is 36.4 Å². The van der Waals surface area contributed by atoms with Crippen molar-refractivity contribution in [2.45, 2.75) is 26.8 Å². The van der Waals surface area contributed by atoms with Gasteiger partial charge in [0.15, 0.2) is 11.5 Å². The Morgan fingerprint density at radius 2 is 1.72 bits per heavy atom. The van der Waals surface area contributed by atoms with Crippen LogP contribution >= 0.6 is 0 Å². The third-order valence-corrected chi connectivity index (χ3v) is 5.97. The summed E-state index contributed by atoms with van der Waals surface area (Å²) in [5, 5.41) is 3.02. The average molecular weight is 396 g/mol. The van der Waals surface area contributed by atoms with Gasteiger partial charge in [0, 0.05) is 43.6 Å². The van der Waals surface area contributed by atoms with E-state index < -0.39 is 0 Å². The number of ether oxygens (including phenoxy) is 2. The molecule has 6 nitrogen and oxygen atoms in total. The molecular formula is C23H29N3O3. The van der Waals surface area contributed by atoms with E-state index in [1.54, 1.807) is 0 Å². The molecule has 154 valence electrons. The van der Waals surface area contributed by atoms with Crippen molar-refractivity contribution in [3.63, 3.8) is 0 Å². The van der Waals surface area contributed by atoms with Crippen LogP contribution in [0.2, 0.25) is 0 Å². The molecule has 1 fully saturated rings. The lowest BCUT2D eigenvalue weighted by Gasteiger charge is -2.39. The van der Waals surface area contributed by atoms with Crippen LogP contribution in [0.4, 0.5) is 11.4 Å². The maximum absolute atomic E-state index is 12.8. The third kappa shape index (κ3) is 4.17. The topological polar surface area (TPSA) is 54.0 Å². The fourth-order valence-corrected chi connectivity index (χ4v) is 3.96. The Kier molecular flexibility index (Phi) is 5.62. The Labute approximate surface area is 172 Å². The fraction of sp³-hybridized carbons (Fsp3) is 0.435. The predicted molar refractivity (Wildman–Crippen MR) is 115 cm³/mol. The zero-order valence-electron chi connectivity index (χ0n) is 17.4. The first-order valence-corrected chi connectivity index (χ1v) is 10.3. The Hall–Kier alpha value is -2.73. The lowest BCUT2D eigenvalue weighted by Crippen LogP contribution is -2.53. The molecule has 29 heavy (non-hydrogen) atoms. The van der Waals surface area contributed by atoms with Crippen LogP contribution < -0.4 is 19.7 Å². The number of amides is 1. The van der Waals surface area contributed by atoms with Crippen molar-refractivity contribution >= 4 is 17.3 Å². The number of hydrogen-bond acceptors (Lipinski definition) is 5. The van der Waals surface area contributed by atoms with Crippen molar-refractivity contribution in [2.75, 3.05) is 49.6 Å². The second-order valence-electron chi connectivity index (χ2n) is 7.77. The number of rotatable bonds is 4. The van der Waals surface area contributed by atoms with E-state index in [1.165, 1.54) is 16.8 Å². The molecule has 2 aliphatic heterocycles. The lowest BCUT2D eigenvalue weighted by atomic mass is 10.1. The molecule has 2 aromatic rings. The molecule has 0 radical (unpaired) electrons. The van der Waals surface area contributed by atoms with Crippen LogP contribution in [-0.4, -0.2) is 56.2 Å². The molecule has 0 saturated carbocycles. The van der Waals surface area contributed by atoms with E-state index >= 15 is 0 Å². The summed E-state index contributed by atoms with van der Waals surface area (Å²) in [5.74, 6) is 1.41. The van der Waals surface area contributed by atoms with E-state index in [9.17, 15) is 4.79 Å². The van der Waals surface area contributed by atoms with Crippen LogP contribution in [0.3, 0.4) is 0 Å². The predicted octanol–water partition coefficient (Wildman–Crippen LogP) is 3.22. The number of aryl methyl sites for hydroxylation is 1. The summed E-state index contributed by atoms with van der Waals surface area (Å²) < 4.78 is 11.1. The molecule has 0 aromatic heterocycles. The Bertz CT molecular complexity index is 891. The highest BCUT2D eigenvalue weighted by atomic mass is 16.6. The van der Waals surface area contributed by atoms with Crippen LogP contribution in [-0.2, 0) is 4.79 Å². The smallest absolute Gasteiger partial charge is 0.241 e. The summed E-state index contributed by atoms with van der Waals surface area (Å²) in [4.78, 5) is 17.5. The molecule has 4 rings (SSSR count). The normalized spacial score (nSPS) is 17.7. The van der Waals surface area contributed by atoms with Gasteiger partial charge in [-0.3, -0.25) is 9.69 Å². The molecular weight excluding hydrogens is 366 g/mol. The lowest BCUT2D eigenvalue weighted by molar-refractivity contribution is -0.120. The molecule has 0 unspecified atom stereocenters. The minimum atomic E-state index is -0.191. The second kappa shape index (κ2) is 8.33. The van der Waals surface area contributed by atoms with Gasteiger partial charge in [-0.2, -0.15) is 0 Å². The summed E-state index contributed by atoms with van der Waals surface area (Å²) in [6.07, 6.45) is 0. The van der Waals surface area contributed by atoms with Crippen LogP contribution in [0, 0.1) is 13.8 Å².